The third-order valence-corrected chi connectivity index (χ3v) is 3.00. The molecule has 4 N–H and O–H groups in total. The molecular weight excluding hydrogens is 204 g/mol. The van der Waals surface area contributed by atoms with Crippen molar-refractivity contribution < 1.29 is 4.79 Å². The van der Waals surface area contributed by atoms with E-state index in [1.54, 1.807) is 6.92 Å². The van der Waals surface area contributed by atoms with Crippen LogP contribution in [0.25, 0.3) is 0 Å². The lowest BCUT2D eigenvalue weighted by atomic mass is 9.96. The van der Waals surface area contributed by atoms with Crippen molar-refractivity contribution in [2.24, 2.45) is 11.5 Å². The van der Waals surface area contributed by atoms with Gasteiger partial charge in [0.2, 0.25) is 5.91 Å². The SMILES string of the molecule is Cc1ncn(CCCC(C)(N)C(N)=O)c1C. The maximum Gasteiger partial charge on any atom is 0.237 e. The van der Waals surface area contributed by atoms with Gasteiger partial charge in [-0.15, -0.1) is 0 Å². The van der Waals surface area contributed by atoms with Gasteiger partial charge in [0.05, 0.1) is 17.6 Å². The van der Waals surface area contributed by atoms with Gasteiger partial charge in [-0.2, -0.15) is 0 Å². The van der Waals surface area contributed by atoms with E-state index < -0.39 is 11.4 Å². The Hall–Kier alpha value is -1.36. The van der Waals surface area contributed by atoms with Crippen LogP contribution in [0, 0.1) is 13.8 Å². The first-order valence-electron chi connectivity index (χ1n) is 5.41. The van der Waals surface area contributed by atoms with Crippen molar-refractivity contribution in [3.63, 3.8) is 0 Å². The largest absolute Gasteiger partial charge is 0.368 e. The van der Waals surface area contributed by atoms with Crippen molar-refractivity contribution in [1.82, 2.24) is 9.55 Å². The first kappa shape index (κ1) is 12.7. The van der Waals surface area contributed by atoms with Crippen molar-refractivity contribution in [2.45, 2.75) is 45.7 Å². The zero-order chi connectivity index (χ0) is 12.3. The fraction of sp³-hybridized carbons (Fsp3) is 0.636. The number of hydrogen-bond acceptors (Lipinski definition) is 3. The Labute approximate surface area is 95.8 Å². The van der Waals surface area contributed by atoms with E-state index in [4.69, 9.17) is 11.5 Å². The van der Waals surface area contributed by atoms with Crippen molar-refractivity contribution in [3.8, 4) is 0 Å². The van der Waals surface area contributed by atoms with E-state index in [1.165, 1.54) is 0 Å². The second-order valence-corrected chi connectivity index (χ2v) is 4.49. The van der Waals surface area contributed by atoms with E-state index >= 15 is 0 Å². The highest BCUT2D eigenvalue weighted by molar-refractivity contribution is 5.83. The average Bonchev–Trinajstić information content (AvgIpc) is 2.49. The van der Waals surface area contributed by atoms with E-state index in [2.05, 4.69) is 9.55 Å². The first-order valence-corrected chi connectivity index (χ1v) is 5.41. The average molecular weight is 224 g/mol. The van der Waals surface area contributed by atoms with Crippen LogP contribution in [0.3, 0.4) is 0 Å². The normalized spacial score (nSPS) is 14.8. The maximum atomic E-state index is 11.0. The molecule has 5 nitrogen and oxygen atoms in total. The molecule has 90 valence electrons. The molecule has 0 fully saturated rings. The summed E-state index contributed by atoms with van der Waals surface area (Å²) >= 11 is 0. The Morgan fingerprint density at radius 2 is 2.19 bits per heavy atom. The molecule has 0 aromatic carbocycles. The predicted octanol–water partition coefficient (Wildman–Crippen LogP) is 0.483. The fourth-order valence-electron chi connectivity index (χ4n) is 1.51. The molecule has 16 heavy (non-hydrogen) atoms. The molecule has 5 heteroatoms. The van der Waals surface area contributed by atoms with Crippen molar-refractivity contribution in [3.05, 3.63) is 17.7 Å². The molecular formula is C11H20N4O. The number of primary amides is 1. The van der Waals surface area contributed by atoms with E-state index in [0.717, 1.165) is 24.4 Å². The zero-order valence-corrected chi connectivity index (χ0v) is 10.2. The minimum absolute atomic E-state index is 0.453. The Morgan fingerprint density at radius 1 is 1.56 bits per heavy atom. The summed E-state index contributed by atoms with van der Waals surface area (Å²) in [6.45, 7) is 6.48. The molecule has 1 atom stereocenters. The molecule has 1 rings (SSSR count). The lowest BCUT2D eigenvalue weighted by molar-refractivity contribution is -0.122. The van der Waals surface area contributed by atoms with Gasteiger partial charge in [-0.05, 0) is 33.6 Å². The van der Waals surface area contributed by atoms with Crippen molar-refractivity contribution in [2.75, 3.05) is 0 Å². The molecule has 1 heterocycles. The van der Waals surface area contributed by atoms with Gasteiger partial charge in [0.1, 0.15) is 0 Å². The minimum Gasteiger partial charge on any atom is -0.368 e. The molecule has 0 spiro atoms. The van der Waals surface area contributed by atoms with Gasteiger partial charge in [0.15, 0.2) is 0 Å². The number of nitrogens with zero attached hydrogens (tertiary/aromatic N) is 2. The van der Waals surface area contributed by atoms with Gasteiger partial charge in [-0.1, -0.05) is 0 Å². The van der Waals surface area contributed by atoms with Crippen LogP contribution in [0.2, 0.25) is 0 Å². The van der Waals surface area contributed by atoms with Crippen LogP contribution in [0.4, 0.5) is 0 Å². The lowest BCUT2D eigenvalue weighted by Gasteiger charge is -2.20. The summed E-state index contributed by atoms with van der Waals surface area (Å²) in [6.07, 6.45) is 3.20. The van der Waals surface area contributed by atoms with Crippen LogP contribution in [-0.2, 0) is 11.3 Å². The summed E-state index contributed by atoms with van der Waals surface area (Å²) in [7, 11) is 0. The number of aromatic nitrogens is 2. The Morgan fingerprint density at radius 3 is 2.62 bits per heavy atom. The number of carbonyl (C=O) groups excluding carboxylic acids is 1. The van der Waals surface area contributed by atoms with Gasteiger partial charge < -0.3 is 16.0 Å². The molecule has 0 aliphatic carbocycles. The molecule has 0 saturated carbocycles. The van der Waals surface area contributed by atoms with Crippen molar-refractivity contribution in [1.29, 1.82) is 0 Å². The minimum atomic E-state index is -0.913. The van der Waals surface area contributed by atoms with Crippen LogP contribution >= 0.6 is 0 Å². The fourth-order valence-corrected chi connectivity index (χ4v) is 1.51. The van der Waals surface area contributed by atoms with Crippen LogP contribution in [0.1, 0.15) is 31.2 Å². The van der Waals surface area contributed by atoms with E-state index in [0.29, 0.717) is 6.42 Å². The van der Waals surface area contributed by atoms with Gasteiger partial charge in [-0.3, -0.25) is 4.79 Å². The summed E-state index contributed by atoms with van der Waals surface area (Å²) < 4.78 is 2.06. The molecule has 0 radical (unpaired) electrons. The molecule has 0 aliphatic rings. The number of nitrogens with two attached hydrogens (primary N) is 2. The second-order valence-electron chi connectivity index (χ2n) is 4.49. The van der Waals surface area contributed by atoms with Gasteiger partial charge in [-0.25, -0.2) is 4.98 Å². The van der Waals surface area contributed by atoms with E-state index in [-0.39, 0.29) is 0 Å². The summed E-state index contributed by atoms with van der Waals surface area (Å²) in [6, 6.07) is 0. The first-order chi connectivity index (χ1) is 7.34. The number of hydrogen-bond donors (Lipinski definition) is 2. The highest BCUT2D eigenvalue weighted by Crippen LogP contribution is 2.11. The smallest absolute Gasteiger partial charge is 0.237 e. The monoisotopic (exact) mass is 224 g/mol. The highest BCUT2D eigenvalue weighted by atomic mass is 16.1. The molecule has 1 aromatic rings. The third-order valence-electron chi connectivity index (χ3n) is 3.00. The van der Waals surface area contributed by atoms with Crippen LogP contribution in [-0.4, -0.2) is 21.0 Å². The van der Waals surface area contributed by atoms with Gasteiger partial charge >= 0.3 is 0 Å². The highest BCUT2D eigenvalue weighted by Gasteiger charge is 2.24. The summed E-state index contributed by atoms with van der Waals surface area (Å²) in [5.74, 6) is -0.453. The number of amides is 1. The molecule has 1 amide bonds. The number of carbonyl (C=O) groups is 1. The maximum absolute atomic E-state index is 11.0. The number of rotatable bonds is 5. The molecule has 0 bridgehead atoms. The van der Waals surface area contributed by atoms with E-state index in [9.17, 15) is 4.79 Å². The molecule has 1 unspecified atom stereocenters. The number of imidazole rings is 1. The number of aryl methyl sites for hydroxylation is 2. The third kappa shape index (κ3) is 2.82. The molecule has 0 aliphatic heterocycles. The van der Waals surface area contributed by atoms with Crippen LogP contribution in [0.15, 0.2) is 6.33 Å². The quantitative estimate of drug-likeness (QED) is 0.762. The summed E-state index contributed by atoms with van der Waals surface area (Å²) in [5.41, 5.74) is 12.2. The standard InChI is InChI=1S/C11H20N4O/c1-8-9(2)15(7-14-8)6-4-5-11(3,13)10(12)16/h7H,4-6,13H2,1-3H3,(H2,12,16). The molecule has 0 saturated heterocycles. The predicted molar refractivity (Wildman–Crippen MR) is 62.7 cm³/mol. The van der Waals surface area contributed by atoms with Crippen LogP contribution < -0.4 is 11.5 Å². The molecule has 1 aromatic heterocycles. The second kappa shape index (κ2) is 4.65. The topological polar surface area (TPSA) is 86.9 Å². The van der Waals surface area contributed by atoms with E-state index in [1.807, 2.05) is 20.2 Å². The Bertz CT molecular complexity index is 381. The van der Waals surface area contributed by atoms with Gasteiger partial charge in [0.25, 0.3) is 0 Å². The lowest BCUT2D eigenvalue weighted by Crippen LogP contribution is -2.49. The van der Waals surface area contributed by atoms with Crippen molar-refractivity contribution >= 4 is 5.91 Å². The summed E-state index contributed by atoms with van der Waals surface area (Å²) in [5, 5.41) is 0. The summed E-state index contributed by atoms with van der Waals surface area (Å²) in [4.78, 5) is 15.2. The van der Waals surface area contributed by atoms with Crippen LogP contribution in [0.5, 0.6) is 0 Å². The van der Waals surface area contributed by atoms with Gasteiger partial charge in [0, 0.05) is 12.2 Å². The Kier molecular flexibility index (Phi) is 3.70. The Balaban J connectivity index is 2.48. The zero-order valence-electron chi connectivity index (χ0n) is 10.2.